The van der Waals surface area contributed by atoms with Gasteiger partial charge in [-0.25, -0.2) is 0 Å². The standard InChI is InChI=1S/C17H24N2O/c1-4-8-16(20-5-2)17(18-3)14-11-13-9-6-7-10-15(13)19-12-14/h6-7,9-12,16-18H,4-5,8H2,1-3H3. The number of pyridine rings is 1. The van der Waals surface area contributed by atoms with E-state index in [1.165, 1.54) is 10.9 Å². The van der Waals surface area contributed by atoms with Gasteiger partial charge in [0.2, 0.25) is 0 Å². The van der Waals surface area contributed by atoms with E-state index in [9.17, 15) is 0 Å². The van der Waals surface area contributed by atoms with Crippen LogP contribution in [0.4, 0.5) is 0 Å². The quantitative estimate of drug-likeness (QED) is 0.834. The lowest BCUT2D eigenvalue weighted by atomic mass is 9.98. The van der Waals surface area contributed by atoms with Gasteiger partial charge in [0.05, 0.1) is 17.7 Å². The molecule has 2 rings (SSSR count). The third-order valence-electron chi connectivity index (χ3n) is 3.61. The number of fused-ring (bicyclic) bond motifs is 1. The third kappa shape index (κ3) is 3.35. The van der Waals surface area contributed by atoms with E-state index in [0.717, 1.165) is 25.0 Å². The van der Waals surface area contributed by atoms with Crippen LogP contribution in [0, 0.1) is 0 Å². The Labute approximate surface area is 121 Å². The van der Waals surface area contributed by atoms with Gasteiger partial charge < -0.3 is 10.1 Å². The highest BCUT2D eigenvalue weighted by atomic mass is 16.5. The Morgan fingerprint density at radius 1 is 1.25 bits per heavy atom. The third-order valence-corrected chi connectivity index (χ3v) is 3.61. The highest BCUT2D eigenvalue weighted by molar-refractivity contribution is 5.78. The zero-order valence-electron chi connectivity index (χ0n) is 12.6. The molecule has 20 heavy (non-hydrogen) atoms. The monoisotopic (exact) mass is 272 g/mol. The van der Waals surface area contributed by atoms with Crippen molar-refractivity contribution in [2.24, 2.45) is 0 Å². The number of hydrogen-bond acceptors (Lipinski definition) is 3. The molecule has 0 spiro atoms. The summed E-state index contributed by atoms with van der Waals surface area (Å²) < 4.78 is 5.91. The van der Waals surface area contributed by atoms with E-state index in [0.29, 0.717) is 0 Å². The highest BCUT2D eigenvalue weighted by Crippen LogP contribution is 2.24. The molecule has 0 saturated heterocycles. The van der Waals surface area contributed by atoms with Gasteiger partial charge in [0.1, 0.15) is 0 Å². The minimum absolute atomic E-state index is 0.187. The number of nitrogens with zero attached hydrogens (tertiary/aromatic N) is 1. The van der Waals surface area contributed by atoms with Gasteiger partial charge in [0.25, 0.3) is 0 Å². The fourth-order valence-electron chi connectivity index (χ4n) is 2.67. The molecule has 0 aliphatic rings. The predicted molar refractivity (Wildman–Crippen MR) is 83.9 cm³/mol. The molecule has 2 unspecified atom stereocenters. The van der Waals surface area contributed by atoms with Crippen molar-refractivity contribution >= 4 is 10.9 Å². The average Bonchev–Trinajstić information content (AvgIpc) is 2.48. The van der Waals surface area contributed by atoms with Crippen molar-refractivity contribution in [3.63, 3.8) is 0 Å². The number of benzene rings is 1. The molecule has 2 aromatic rings. The van der Waals surface area contributed by atoms with Crippen LogP contribution in [0.15, 0.2) is 36.5 Å². The summed E-state index contributed by atoms with van der Waals surface area (Å²) in [5.74, 6) is 0. The zero-order valence-corrected chi connectivity index (χ0v) is 12.6. The van der Waals surface area contributed by atoms with Gasteiger partial charge in [-0.3, -0.25) is 4.98 Å². The Hall–Kier alpha value is -1.45. The molecule has 0 aliphatic carbocycles. The average molecular weight is 272 g/mol. The van der Waals surface area contributed by atoms with Crippen molar-refractivity contribution in [3.05, 3.63) is 42.1 Å². The molecule has 1 aromatic carbocycles. The van der Waals surface area contributed by atoms with E-state index in [-0.39, 0.29) is 12.1 Å². The Kier molecular flexibility index (Phi) is 5.50. The summed E-state index contributed by atoms with van der Waals surface area (Å²) in [5, 5.41) is 4.57. The van der Waals surface area contributed by atoms with Gasteiger partial charge in [-0.1, -0.05) is 31.5 Å². The molecule has 1 aromatic heterocycles. The molecule has 3 heteroatoms. The second-order valence-corrected chi connectivity index (χ2v) is 5.01. The molecule has 0 bridgehead atoms. The van der Waals surface area contributed by atoms with Crippen LogP contribution in [0.1, 0.15) is 38.3 Å². The fraction of sp³-hybridized carbons (Fsp3) is 0.471. The summed E-state index contributed by atoms with van der Waals surface area (Å²) in [5.41, 5.74) is 2.23. The van der Waals surface area contributed by atoms with Crippen LogP contribution in [0.5, 0.6) is 0 Å². The zero-order chi connectivity index (χ0) is 14.4. The summed E-state index contributed by atoms with van der Waals surface area (Å²) in [6, 6.07) is 10.6. The maximum Gasteiger partial charge on any atom is 0.0769 e. The molecule has 1 N–H and O–H groups in total. The van der Waals surface area contributed by atoms with Crippen molar-refractivity contribution in [2.75, 3.05) is 13.7 Å². The Bertz CT molecular complexity index is 535. The topological polar surface area (TPSA) is 34.1 Å². The molecule has 0 amide bonds. The van der Waals surface area contributed by atoms with Crippen LogP contribution < -0.4 is 5.32 Å². The lowest BCUT2D eigenvalue weighted by Gasteiger charge is -2.27. The number of likely N-dealkylation sites (N-methyl/N-ethyl adjacent to an activating group) is 1. The Morgan fingerprint density at radius 2 is 2.05 bits per heavy atom. The van der Waals surface area contributed by atoms with Crippen LogP contribution >= 0.6 is 0 Å². The summed E-state index contributed by atoms with van der Waals surface area (Å²) >= 11 is 0. The predicted octanol–water partition coefficient (Wildman–Crippen LogP) is 3.70. The van der Waals surface area contributed by atoms with Gasteiger partial charge in [0, 0.05) is 18.2 Å². The molecule has 0 aliphatic heterocycles. The van der Waals surface area contributed by atoms with Crippen molar-refractivity contribution in [2.45, 2.75) is 38.8 Å². The number of ether oxygens (including phenoxy) is 1. The molecule has 2 atom stereocenters. The molecular weight excluding hydrogens is 248 g/mol. The minimum atomic E-state index is 0.187. The largest absolute Gasteiger partial charge is 0.377 e. The lowest BCUT2D eigenvalue weighted by molar-refractivity contribution is 0.0295. The number of hydrogen-bond donors (Lipinski definition) is 1. The molecule has 0 saturated carbocycles. The molecular formula is C17H24N2O. The van der Waals surface area contributed by atoms with E-state index < -0.39 is 0 Å². The molecule has 108 valence electrons. The molecule has 0 radical (unpaired) electrons. The number of para-hydroxylation sites is 1. The van der Waals surface area contributed by atoms with E-state index in [4.69, 9.17) is 4.74 Å². The maximum absolute atomic E-state index is 5.91. The smallest absolute Gasteiger partial charge is 0.0769 e. The Balaban J connectivity index is 2.31. The van der Waals surface area contributed by atoms with Crippen molar-refractivity contribution in [3.8, 4) is 0 Å². The number of nitrogens with one attached hydrogen (secondary N) is 1. The second kappa shape index (κ2) is 7.36. The highest BCUT2D eigenvalue weighted by Gasteiger charge is 2.21. The van der Waals surface area contributed by atoms with Crippen molar-refractivity contribution < 1.29 is 4.74 Å². The van der Waals surface area contributed by atoms with E-state index >= 15 is 0 Å². The molecule has 0 fully saturated rings. The minimum Gasteiger partial charge on any atom is -0.377 e. The van der Waals surface area contributed by atoms with Crippen molar-refractivity contribution in [1.82, 2.24) is 10.3 Å². The fourth-order valence-corrected chi connectivity index (χ4v) is 2.67. The summed E-state index contributed by atoms with van der Waals surface area (Å²) in [6.07, 6.45) is 4.32. The normalized spacial score (nSPS) is 14.3. The summed E-state index contributed by atoms with van der Waals surface area (Å²) in [4.78, 5) is 4.56. The number of rotatable bonds is 7. The van der Waals surface area contributed by atoms with Crippen LogP contribution in [0.2, 0.25) is 0 Å². The number of aromatic nitrogens is 1. The van der Waals surface area contributed by atoms with Gasteiger partial charge >= 0.3 is 0 Å². The van der Waals surface area contributed by atoms with Gasteiger partial charge in [-0.15, -0.1) is 0 Å². The van der Waals surface area contributed by atoms with Crippen LogP contribution in [-0.4, -0.2) is 24.7 Å². The van der Waals surface area contributed by atoms with Gasteiger partial charge in [-0.2, -0.15) is 0 Å². The molecule has 1 heterocycles. The maximum atomic E-state index is 5.91. The summed E-state index contributed by atoms with van der Waals surface area (Å²) in [7, 11) is 1.99. The first-order chi connectivity index (χ1) is 9.80. The Morgan fingerprint density at radius 3 is 2.75 bits per heavy atom. The lowest BCUT2D eigenvalue weighted by Crippen LogP contribution is -2.31. The van der Waals surface area contributed by atoms with E-state index in [1.807, 2.05) is 38.4 Å². The second-order valence-electron chi connectivity index (χ2n) is 5.01. The summed E-state index contributed by atoms with van der Waals surface area (Å²) in [6.45, 7) is 4.98. The molecule has 3 nitrogen and oxygen atoms in total. The van der Waals surface area contributed by atoms with E-state index in [2.05, 4.69) is 29.4 Å². The van der Waals surface area contributed by atoms with Crippen LogP contribution in [-0.2, 0) is 4.74 Å². The van der Waals surface area contributed by atoms with Crippen LogP contribution in [0.25, 0.3) is 10.9 Å². The SMILES string of the molecule is CCCC(OCC)C(NC)c1cnc2ccccc2c1. The van der Waals surface area contributed by atoms with Crippen molar-refractivity contribution in [1.29, 1.82) is 0 Å². The van der Waals surface area contributed by atoms with Gasteiger partial charge in [-0.05, 0) is 38.1 Å². The first-order valence-electron chi connectivity index (χ1n) is 7.43. The van der Waals surface area contributed by atoms with E-state index in [1.54, 1.807) is 0 Å². The van der Waals surface area contributed by atoms with Crippen LogP contribution in [0.3, 0.4) is 0 Å². The first kappa shape index (κ1) is 14.9. The van der Waals surface area contributed by atoms with Gasteiger partial charge in [0.15, 0.2) is 0 Å². The first-order valence-corrected chi connectivity index (χ1v) is 7.43.